The molecule has 0 aromatic carbocycles. The van der Waals surface area contributed by atoms with Crippen molar-refractivity contribution in [2.75, 3.05) is 6.54 Å². The molecular formula is C7H15NO. The van der Waals surface area contributed by atoms with Crippen molar-refractivity contribution in [3.05, 3.63) is 0 Å². The highest BCUT2D eigenvalue weighted by Gasteiger charge is 2.15. The zero-order valence-electron chi connectivity index (χ0n) is 5.93. The summed E-state index contributed by atoms with van der Waals surface area (Å²) in [7, 11) is 0. The molecule has 2 unspecified atom stereocenters. The van der Waals surface area contributed by atoms with Gasteiger partial charge in [0.2, 0.25) is 0 Å². The second-order valence-corrected chi connectivity index (χ2v) is 2.81. The summed E-state index contributed by atoms with van der Waals surface area (Å²) in [5.41, 5.74) is 0. The fourth-order valence-electron chi connectivity index (χ4n) is 1.19. The molecule has 0 bridgehead atoms. The quantitative estimate of drug-likeness (QED) is 0.499. The molecule has 0 amide bonds. The Hall–Kier alpha value is -0.0800. The van der Waals surface area contributed by atoms with Crippen LogP contribution in [0.5, 0.6) is 0 Å². The standard InChI is InChI=1S/C7H15NO/c1-6-7(9)4-2-3-5-8-6/h6-9H,2-5H2,1H3. The molecule has 0 aromatic rings. The third kappa shape index (κ3) is 1.95. The van der Waals surface area contributed by atoms with Gasteiger partial charge in [-0.2, -0.15) is 0 Å². The van der Waals surface area contributed by atoms with Gasteiger partial charge in [-0.25, -0.2) is 0 Å². The van der Waals surface area contributed by atoms with Crippen LogP contribution in [0, 0.1) is 0 Å². The van der Waals surface area contributed by atoms with Gasteiger partial charge in [0.1, 0.15) is 0 Å². The van der Waals surface area contributed by atoms with Crippen LogP contribution in [0.4, 0.5) is 0 Å². The zero-order valence-corrected chi connectivity index (χ0v) is 5.93. The molecule has 1 fully saturated rings. The van der Waals surface area contributed by atoms with Crippen LogP contribution in [0.2, 0.25) is 0 Å². The lowest BCUT2D eigenvalue weighted by molar-refractivity contribution is 0.133. The summed E-state index contributed by atoms with van der Waals surface area (Å²) >= 11 is 0. The van der Waals surface area contributed by atoms with Crippen LogP contribution in [-0.2, 0) is 0 Å². The molecule has 0 radical (unpaired) electrons. The summed E-state index contributed by atoms with van der Waals surface area (Å²) in [6, 6.07) is 0.299. The smallest absolute Gasteiger partial charge is 0.0690 e. The van der Waals surface area contributed by atoms with Crippen molar-refractivity contribution in [3.63, 3.8) is 0 Å². The van der Waals surface area contributed by atoms with Crippen molar-refractivity contribution < 1.29 is 5.11 Å². The minimum Gasteiger partial charge on any atom is -0.392 e. The molecule has 0 saturated carbocycles. The molecule has 0 aliphatic carbocycles. The summed E-state index contributed by atoms with van der Waals surface area (Å²) in [4.78, 5) is 0. The predicted octanol–water partition coefficient (Wildman–Crippen LogP) is 0.509. The molecule has 1 saturated heterocycles. The Balaban J connectivity index is 2.32. The molecule has 1 rings (SSSR count). The summed E-state index contributed by atoms with van der Waals surface area (Å²) in [6.45, 7) is 3.11. The third-order valence-corrected chi connectivity index (χ3v) is 1.97. The van der Waals surface area contributed by atoms with Crippen molar-refractivity contribution in [1.29, 1.82) is 0 Å². The van der Waals surface area contributed by atoms with Crippen LogP contribution in [0.3, 0.4) is 0 Å². The summed E-state index contributed by atoms with van der Waals surface area (Å²) in [5, 5.41) is 12.5. The van der Waals surface area contributed by atoms with Gasteiger partial charge >= 0.3 is 0 Å². The Morgan fingerprint density at radius 1 is 1.44 bits per heavy atom. The molecule has 1 heterocycles. The molecule has 2 heteroatoms. The highest BCUT2D eigenvalue weighted by atomic mass is 16.3. The van der Waals surface area contributed by atoms with Crippen LogP contribution in [0.25, 0.3) is 0 Å². The topological polar surface area (TPSA) is 32.3 Å². The van der Waals surface area contributed by atoms with Crippen LogP contribution >= 0.6 is 0 Å². The first-order chi connectivity index (χ1) is 4.30. The summed E-state index contributed by atoms with van der Waals surface area (Å²) < 4.78 is 0. The average molecular weight is 129 g/mol. The number of hydrogen-bond donors (Lipinski definition) is 2. The number of aliphatic hydroxyl groups is 1. The van der Waals surface area contributed by atoms with Gasteiger partial charge in [0.25, 0.3) is 0 Å². The maximum atomic E-state index is 9.30. The van der Waals surface area contributed by atoms with Gasteiger partial charge in [0, 0.05) is 6.04 Å². The molecule has 54 valence electrons. The lowest BCUT2D eigenvalue weighted by Crippen LogP contribution is -2.35. The fourth-order valence-corrected chi connectivity index (χ4v) is 1.19. The molecule has 0 aromatic heterocycles. The zero-order chi connectivity index (χ0) is 6.69. The fraction of sp³-hybridized carbons (Fsp3) is 1.00. The molecule has 1 aliphatic rings. The molecule has 9 heavy (non-hydrogen) atoms. The van der Waals surface area contributed by atoms with E-state index < -0.39 is 0 Å². The van der Waals surface area contributed by atoms with Crippen LogP contribution in [0.1, 0.15) is 26.2 Å². The van der Waals surface area contributed by atoms with E-state index >= 15 is 0 Å². The number of nitrogens with one attached hydrogen (secondary N) is 1. The van der Waals surface area contributed by atoms with Gasteiger partial charge < -0.3 is 10.4 Å². The maximum absolute atomic E-state index is 9.30. The minimum absolute atomic E-state index is 0.118. The van der Waals surface area contributed by atoms with E-state index in [-0.39, 0.29) is 6.10 Å². The number of aliphatic hydroxyl groups excluding tert-OH is 1. The second-order valence-electron chi connectivity index (χ2n) is 2.81. The van der Waals surface area contributed by atoms with Crippen LogP contribution < -0.4 is 5.32 Å². The molecule has 0 spiro atoms. The van der Waals surface area contributed by atoms with E-state index in [1.54, 1.807) is 0 Å². The molecule has 2 atom stereocenters. The van der Waals surface area contributed by atoms with Crippen molar-refractivity contribution in [2.45, 2.75) is 38.3 Å². The SMILES string of the molecule is CC1NCCCCC1O. The largest absolute Gasteiger partial charge is 0.392 e. The number of hydrogen-bond acceptors (Lipinski definition) is 2. The van der Waals surface area contributed by atoms with Crippen LogP contribution in [0.15, 0.2) is 0 Å². The summed E-state index contributed by atoms with van der Waals surface area (Å²) in [5.74, 6) is 0. The first-order valence-electron chi connectivity index (χ1n) is 3.72. The monoisotopic (exact) mass is 129 g/mol. The highest BCUT2D eigenvalue weighted by Crippen LogP contribution is 2.08. The van der Waals surface area contributed by atoms with Crippen LogP contribution in [-0.4, -0.2) is 23.8 Å². The Kier molecular flexibility index (Phi) is 2.49. The normalized spacial score (nSPS) is 38.0. The second kappa shape index (κ2) is 3.18. The Bertz CT molecular complexity index is 75.0. The van der Waals surface area contributed by atoms with Crippen molar-refractivity contribution >= 4 is 0 Å². The van der Waals surface area contributed by atoms with E-state index in [1.807, 2.05) is 6.92 Å². The molecule has 2 N–H and O–H groups in total. The van der Waals surface area contributed by atoms with Gasteiger partial charge in [-0.05, 0) is 32.7 Å². The Morgan fingerprint density at radius 2 is 2.22 bits per heavy atom. The van der Waals surface area contributed by atoms with E-state index in [0.717, 1.165) is 13.0 Å². The van der Waals surface area contributed by atoms with Gasteiger partial charge in [-0.15, -0.1) is 0 Å². The van der Waals surface area contributed by atoms with E-state index in [2.05, 4.69) is 5.32 Å². The van der Waals surface area contributed by atoms with E-state index in [9.17, 15) is 5.11 Å². The molecule has 1 aliphatic heterocycles. The Labute approximate surface area is 56.3 Å². The van der Waals surface area contributed by atoms with Gasteiger partial charge in [-0.1, -0.05) is 0 Å². The minimum atomic E-state index is -0.118. The average Bonchev–Trinajstić information content (AvgIpc) is 1.99. The lowest BCUT2D eigenvalue weighted by Gasteiger charge is -2.15. The van der Waals surface area contributed by atoms with Crippen molar-refractivity contribution in [1.82, 2.24) is 5.32 Å². The predicted molar refractivity (Wildman–Crippen MR) is 37.3 cm³/mol. The van der Waals surface area contributed by atoms with Gasteiger partial charge in [0.05, 0.1) is 6.10 Å². The molecular weight excluding hydrogens is 114 g/mol. The number of rotatable bonds is 0. The van der Waals surface area contributed by atoms with E-state index in [4.69, 9.17) is 0 Å². The van der Waals surface area contributed by atoms with Gasteiger partial charge in [-0.3, -0.25) is 0 Å². The maximum Gasteiger partial charge on any atom is 0.0690 e. The lowest BCUT2D eigenvalue weighted by atomic mass is 10.1. The summed E-state index contributed by atoms with van der Waals surface area (Å²) in [6.07, 6.45) is 3.22. The van der Waals surface area contributed by atoms with E-state index in [1.165, 1.54) is 12.8 Å². The first kappa shape index (κ1) is 7.03. The van der Waals surface area contributed by atoms with Crippen molar-refractivity contribution in [2.24, 2.45) is 0 Å². The first-order valence-corrected chi connectivity index (χ1v) is 3.72. The van der Waals surface area contributed by atoms with E-state index in [0.29, 0.717) is 6.04 Å². The van der Waals surface area contributed by atoms with Gasteiger partial charge in [0.15, 0.2) is 0 Å². The molecule has 2 nitrogen and oxygen atoms in total. The van der Waals surface area contributed by atoms with Crippen molar-refractivity contribution in [3.8, 4) is 0 Å². The highest BCUT2D eigenvalue weighted by molar-refractivity contribution is 4.74. The third-order valence-electron chi connectivity index (χ3n) is 1.97. The Morgan fingerprint density at radius 3 is 3.00 bits per heavy atom.